The topological polar surface area (TPSA) is 41.1 Å². The molecule has 6 heteroatoms. The van der Waals surface area contributed by atoms with Crippen LogP contribution in [0.1, 0.15) is 36.7 Å². The maximum atomic E-state index is 12.2. The number of hydrogen-bond donors (Lipinski definition) is 2. The fourth-order valence-electron chi connectivity index (χ4n) is 2.09. The molecule has 1 amide bonds. The lowest BCUT2D eigenvalue weighted by atomic mass is 9.87. The van der Waals surface area contributed by atoms with Crippen molar-refractivity contribution in [2.75, 3.05) is 5.32 Å². The molecule has 0 radical (unpaired) electrons. The van der Waals surface area contributed by atoms with Crippen LogP contribution in [0.25, 0.3) is 0 Å². The second-order valence-electron chi connectivity index (χ2n) is 6.39. The third-order valence-electron chi connectivity index (χ3n) is 3.36. The Kier molecular flexibility index (Phi) is 5.86. The lowest BCUT2D eigenvalue weighted by Crippen LogP contribution is -2.34. The Morgan fingerprint density at radius 2 is 1.54 bits per heavy atom. The van der Waals surface area contributed by atoms with Gasteiger partial charge in [0.2, 0.25) is 0 Å². The molecule has 2 N–H and O–H groups in total. The molecule has 0 saturated heterocycles. The van der Waals surface area contributed by atoms with Gasteiger partial charge in [0.25, 0.3) is 5.91 Å². The minimum Gasteiger partial charge on any atom is -0.332 e. The van der Waals surface area contributed by atoms with Gasteiger partial charge in [-0.05, 0) is 53.5 Å². The van der Waals surface area contributed by atoms with Crippen molar-refractivity contribution in [1.29, 1.82) is 0 Å². The quantitative estimate of drug-likeness (QED) is 0.683. The fraction of sp³-hybridized carbons (Fsp3) is 0.222. The Labute approximate surface area is 157 Å². The van der Waals surface area contributed by atoms with Crippen molar-refractivity contribution in [2.24, 2.45) is 0 Å². The van der Waals surface area contributed by atoms with Crippen molar-refractivity contribution in [3.05, 3.63) is 63.6 Å². The maximum absolute atomic E-state index is 12.2. The highest BCUT2D eigenvalue weighted by atomic mass is 35.5. The molecule has 0 aromatic heterocycles. The molecule has 0 unspecified atom stereocenters. The average Bonchev–Trinajstić information content (AvgIpc) is 2.45. The molecular weight excluding hydrogens is 363 g/mol. The summed E-state index contributed by atoms with van der Waals surface area (Å²) in [6.07, 6.45) is 0. The Balaban J connectivity index is 2.02. The average molecular weight is 381 g/mol. The van der Waals surface area contributed by atoms with Crippen molar-refractivity contribution < 1.29 is 4.79 Å². The number of rotatable bonds is 2. The molecule has 0 aliphatic heterocycles. The standard InChI is InChI=1S/C18H18Cl2N2OS/c1-18(2,3)12-6-4-11(5-7-12)16(23)22-17(24)21-15-9-13(19)8-14(20)10-15/h4-10H,1-3H3,(H2,21,22,23,24). The van der Waals surface area contributed by atoms with E-state index in [2.05, 4.69) is 31.4 Å². The van der Waals surface area contributed by atoms with Crippen LogP contribution in [-0.2, 0) is 5.41 Å². The van der Waals surface area contributed by atoms with E-state index in [0.29, 0.717) is 21.3 Å². The Morgan fingerprint density at radius 3 is 2.04 bits per heavy atom. The van der Waals surface area contributed by atoms with Gasteiger partial charge in [0.15, 0.2) is 5.11 Å². The molecule has 0 saturated carbocycles. The maximum Gasteiger partial charge on any atom is 0.257 e. The number of hydrogen-bond acceptors (Lipinski definition) is 2. The second kappa shape index (κ2) is 7.51. The summed E-state index contributed by atoms with van der Waals surface area (Å²) in [4.78, 5) is 12.2. The van der Waals surface area contributed by atoms with Gasteiger partial charge in [-0.15, -0.1) is 0 Å². The van der Waals surface area contributed by atoms with Crippen molar-refractivity contribution in [2.45, 2.75) is 26.2 Å². The molecule has 2 aromatic carbocycles. The highest BCUT2D eigenvalue weighted by Gasteiger charge is 2.14. The minimum absolute atomic E-state index is 0.0394. The molecule has 0 aliphatic carbocycles. The molecule has 2 aromatic rings. The van der Waals surface area contributed by atoms with E-state index in [-0.39, 0.29) is 16.4 Å². The summed E-state index contributed by atoms with van der Waals surface area (Å²) in [7, 11) is 0. The predicted octanol–water partition coefficient (Wildman–Crippen LogP) is 5.42. The van der Waals surface area contributed by atoms with Crippen LogP contribution in [-0.4, -0.2) is 11.0 Å². The summed E-state index contributed by atoms with van der Waals surface area (Å²) in [6.45, 7) is 6.37. The van der Waals surface area contributed by atoms with Crippen molar-refractivity contribution in [3.63, 3.8) is 0 Å². The van der Waals surface area contributed by atoms with Gasteiger partial charge in [0.05, 0.1) is 0 Å². The first kappa shape index (κ1) is 18.7. The number of nitrogens with one attached hydrogen (secondary N) is 2. The Morgan fingerprint density at radius 1 is 1.00 bits per heavy atom. The first-order valence-corrected chi connectivity index (χ1v) is 8.50. The number of thiocarbonyl (C=S) groups is 1. The molecule has 0 aliphatic rings. The summed E-state index contributed by atoms with van der Waals surface area (Å²) in [5.41, 5.74) is 2.35. The SMILES string of the molecule is CC(C)(C)c1ccc(C(=O)NC(=S)Nc2cc(Cl)cc(Cl)c2)cc1. The van der Waals surface area contributed by atoms with Gasteiger partial charge in [-0.25, -0.2) is 0 Å². The first-order valence-electron chi connectivity index (χ1n) is 7.34. The van der Waals surface area contributed by atoms with Crippen LogP contribution in [0.2, 0.25) is 10.0 Å². The number of carbonyl (C=O) groups excluding carboxylic acids is 1. The Bertz CT molecular complexity index is 747. The van der Waals surface area contributed by atoms with Crippen LogP contribution < -0.4 is 10.6 Å². The summed E-state index contributed by atoms with van der Waals surface area (Å²) in [6, 6.07) is 12.4. The normalized spacial score (nSPS) is 11.0. The molecule has 2 rings (SSSR count). The van der Waals surface area contributed by atoms with Gasteiger partial charge in [0, 0.05) is 21.3 Å². The van der Waals surface area contributed by atoms with Crippen LogP contribution in [0.4, 0.5) is 5.69 Å². The minimum atomic E-state index is -0.277. The van der Waals surface area contributed by atoms with Gasteiger partial charge >= 0.3 is 0 Å². The Hall–Kier alpha value is -1.62. The van der Waals surface area contributed by atoms with Crippen LogP contribution in [0.15, 0.2) is 42.5 Å². The van der Waals surface area contributed by atoms with Crippen molar-refractivity contribution >= 4 is 52.1 Å². The zero-order valence-electron chi connectivity index (χ0n) is 13.6. The van der Waals surface area contributed by atoms with Gasteiger partial charge in [-0.1, -0.05) is 56.1 Å². The lowest BCUT2D eigenvalue weighted by Gasteiger charge is -2.19. The van der Waals surface area contributed by atoms with E-state index in [4.69, 9.17) is 35.4 Å². The largest absolute Gasteiger partial charge is 0.332 e. The van der Waals surface area contributed by atoms with E-state index < -0.39 is 0 Å². The van der Waals surface area contributed by atoms with Gasteiger partial charge < -0.3 is 5.32 Å². The molecule has 0 heterocycles. The summed E-state index contributed by atoms with van der Waals surface area (Å²) in [5.74, 6) is -0.277. The van der Waals surface area contributed by atoms with Crippen LogP contribution in [0.5, 0.6) is 0 Å². The number of halogens is 2. The third kappa shape index (κ3) is 5.20. The molecule has 0 spiro atoms. The van der Waals surface area contributed by atoms with Crippen LogP contribution in [0, 0.1) is 0 Å². The molecule has 3 nitrogen and oxygen atoms in total. The van der Waals surface area contributed by atoms with Gasteiger partial charge in [-0.3, -0.25) is 10.1 Å². The second-order valence-corrected chi connectivity index (χ2v) is 7.67. The van der Waals surface area contributed by atoms with E-state index in [1.807, 2.05) is 12.1 Å². The predicted molar refractivity (Wildman–Crippen MR) is 105 cm³/mol. The molecular formula is C18H18Cl2N2OS. The van der Waals surface area contributed by atoms with E-state index >= 15 is 0 Å². The number of benzene rings is 2. The van der Waals surface area contributed by atoms with Crippen molar-refractivity contribution in [3.8, 4) is 0 Å². The molecule has 126 valence electrons. The fourth-order valence-corrected chi connectivity index (χ4v) is 2.82. The smallest absolute Gasteiger partial charge is 0.257 e. The molecule has 24 heavy (non-hydrogen) atoms. The molecule has 0 atom stereocenters. The number of anilines is 1. The molecule has 0 fully saturated rings. The third-order valence-corrected chi connectivity index (χ3v) is 4.00. The summed E-state index contributed by atoms with van der Waals surface area (Å²) >= 11 is 17.0. The van der Waals surface area contributed by atoms with E-state index in [0.717, 1.165) is 5.56 Å². The van der Waals surface area contributed by atoms with Crippen LogP contribution in [0.3, 0.4) is 0 Å². The van der Waals surface area contributed by atoms with E-state index in [1.165, 1.54) is 0 Å². The zero-order valence-corrected chi connectivity index (χ0v) is 15.9. The first-order chi connectivity index (χ1) is 11.1. The number of carbonyl (C=O) groups is 1. The lowest BCUT2D eigenvalue weighted by molar-refractivity contribution is 0.0977. The highest BCUT2D eigenvalue weighted by Crippen LogP contribution is 2.23. The van der Waals surface area contributed by atoms with Crippen LogP contribution >= 0.6 is 35.4 Å². The number of amides is 1. The van der Waals surface area contributed by atoms with Gasteiger partial charge in [-0.2, -0.15) is 0 Å². The summed E-state index contributed by atoms with van der Waals surface area (Å²) in [5, 5.41) is 6.67. The van der Waals surface area contributed by atoms with E-state index in [1.54, 1.807) is 30.3 Å². The zero-order chi connectivity index (χ0) is 17.9. The van der Waals surface area contributed by atoms with Crippen molar-refractivity contribution in [1.82, 2.24) is 5.32 Å². The molecule has 0 bridgehead atoms. The monoisotopic (exact) mass is 380 g/mol. The summed E-state index contributed by atoms with van der Waals surface area (Å²) < 4.78 is 0. The van der Waals surface area contributed by atoms with E-state index in [9.17, 15) is 4.79 Å². The highest BCUT2D eigenvalue weighted by molar-refractivity contribution is 7.80. The van der Waals surface area contributed by atoms with Gasteiger partial charge in [0.1, 0.15) is 0 Å².